The molecule has 6 rings (SSSR count). The van der Waals surface area contributed by atoms with E-state index >= 15 is 0 Å². The number of ketones is 6. The Labute approximate surface area is 708 Å². The Balaban J connectivity index is 0.000000443. The van der Waals surface area contributed by atoms with Crippen LogP contribution >= 0.6 is 0 Å². The smallest absolute Gasteiger partial charge is 0.306 e. The van der Waals surface area contributed by atoms with E-state index in [0.29, 0.717) is 55.1 Å². The molecule has 0 bridgehead atoms. The van der Waals surface area contributed by atoms with Gasteiger partial charge in [0.1, 0.15) is 47.8 Å². The molecule has 8 atom stereocenters. The van der Waals surface area contributed by atoms with Gasteiger partial charge in [0, 0.05) is 115 Å². The number of ether oxygens (including phenoxy) is 6. The average molecular weight is 1700 g/mol. The van der Waals surface area contributed by atoms with Crippen molar-refractivity contribution in [1.82, 2.24) is 32.2 Å². The maximum Gasteiger partial charge on any atom is 0.306 e. The van der Waals surface area contributed by atoms with E-state index in [1.165, 1.54) is 80.4 Å². The van der Waals surface area contributed by atoms with Gasteiger partial charge in [-0.3, -0.25) is 67.9 Å². The van der Waals surface area contributed by atoms with Crippen LogP contribution in [-0.2, 0) is 134 Å². The molecule has 0 aliphatic heterocycles. The molecule has 660 valence electrons. The van der Waals surface area contributed by atoms with Crippen molar-refractivity contribution in [3.05, 3.63) is 191 Å². The first kappa shape index (κ1) is 101. The predicted octanol–water partition coefficient (Wildman–Crippen LogP) is 7.69. The fourth-order valence-corrected chi connectivity index (χ4v) is 12.9. The molecule has 0 spiro atoms. The quantitative estimate of drug-likeness (QED) is 0.00753. The molecule has 12 N–H and O–H groups in total. The summed E-state index contributed by atoms with van der Waals surface area (Å²) in [4.78, 5) is 186. The zero-order chi connectivity index (χ0) is 89.1. The zero-order valence-corrected chi connectivity index (χ0v) is 69.3. The van der Waals surface area contributed by atoms with Gasteiger partial charge in [-0.05, 0) is 160 Å². The van der Waals surface area contributed by atoms with Gasteiger partial charge in [0.25, 0.3) is 0 Å². The lowest BCUT2D eigenvalue weighted by molar-refractivity contribution is -0.147. The first-order chi connectivity index (χ1) is 58.5. The van der Waals surface area contributed by atoms with Crippen LogP contribution in [0.1, 0.15) is 150 Å². The van der Waals surface area contributed by atoms with E-state index in [2.05, 4.69) is 21.3 Å². The Kier molecular flexibility index (Phi) is 46.6. The molecule has 0 fully saturated rings. The summed E-state index contributed by atoms with van der Waals surface area (Å²) >= 11 is 0. The first-order valence-corrected chi connectivity index (χ1v) is 40.4. The zero-order valence-electron chi connectivity index (χ0n) is 69.3. The number of hydroxylamine groups is 2. The summed E-state index contributed by atoms with van der Waals surface area (Å²) in [6, 6.07) is 37.4. The summed E-state index contributed by atoms with van der Waals surface area (Å²) in [5.74, 6) is -12.5. The highest BCUT2D eigenvalue weighted by atomic mass is 16.5. The molecule has 6 aromatic carbocycles. The standard InChI is InChI=1S/C52H62N2O13.C38H52N4O13/c1-36(55)30-42(31-37-15-20-43(56)21-16-37)52(63)54-46(32-38-17-22-44(57)23-18-38)48(59)33-41(19-25-49(60)66-34-39-10-5-3-6-11-39)51(62)53-45(47(58)14-9-27-65-29-28-64-2)24-26-50(61)67-35-40-12-7-4-8-13-40;1-24(43)20-28(21-25-5-10-29(44)11-6-25)38(51)40-32(22-26-7-12-30(45)13-8-26)34(47)23-27(9-15-35(48)41-52)37(50)39-31(14-16-36(49)42-53)33(46)4-3-17-55-19-18-54-2/h3-8,10-13,15-18,20-23,41-42,45-46,56-57H,9,14,19,24-35H2,1-2H3,(H,53,62)(H,54,63);5-8,10-13,27-28,31-32,44-45,52-53H,3-4,9,14-23H2,1-2H3,(H,39,50)(H,40,51)(H,41,48)(H,42,49)/t41-,42+,45-,46-;27-,28+,31-,32-/m11/s1. The Morgan fingerprint density at radius 3 is 0.951 bits per heavy atom. The normalized spacial score (nSPS) is 12.9. The third kappa shape index (κ3) is 40.9. The summed E-state index contributed by atoms with van der Waals surface area (Å²) in [5, 5.41) is 68.2. The van der Waals surface area contributed by atoms with Crippen molar-refractivity contribution in [3.8, 4) is 23.0 Å². The van der Waals surface area contributed by atoms with E-state index in [1.54, 1.807) is 92.0 Å². The molecule has 6 amide bonds. The molecule has 122 heavy (non-hydrogen) atoms. The van der Waals surface area contributed by atoms with Gasteiger partial charge < -0.3 is 79.7 Å². The first-order valence-electron chi connectivity index (χ1n) is 40.4. The Morgan fingerprint density at radius 1 is 0.311 bits per heavy atom. The van der Waals surface area contributed by atoms with Crippen molar-refractivity contribution in [2.45, 2.75) is 180 Å². The van der Waals surface area contributed by atoms with Gasteiger partial charge in [-0.25, -0.2) is 11.0 Å². The topological polar surface area (TPSA) is 488 Å². The van der Waals surface area contributed by atoms with Gasteiger partial charge in [-0.2, -0.15) is 0 Å². The SMILES string of the molecule is COCCOCCCC(=O)[C@@H](CCC(=O)NO)NC(=O)[C@H](CCC(=O)NO)CC(=O)[C@@H](Cc1ccc(O)cc1)NC(=O)[C@@H](CC(C)=O)Cc1ccc(O)cc1.COCCOCCCC(=O)[C@@H](CCC(=O)OCc1ccccc1)NC(=O)[C@H](CCC(=O)OCc1ccccc1)CC(=O)[C@@H](Cc1ccc(O)cc1)NC(=O)[C@@H](CC(C)=O)Cc1ccc(O)cc1. The molecule has 32 heteroatoms. The number of hydrogen-bond donors (Lipinski definition) is 12. The monoisotopic (exact) mass is 1690 g/mol. The molecule has 0 aliphatic carbocycles. The Morgan fingerprint density at radius 2 is 0.615 bits per heavy atom. The number of carbonyl (C=O) groups is 14. The number of Topliss-reactive ketones (excluding diaryl/α,β-unsaturated/α-hetero) is 6. The van der Waals surface area contributed by atoms with E-state index < -0.39 is 132 Å². The van der Waals surface area contributed by atoms with Crippen LogP contribution in [-0.4, -0.2) is 191 Å². The van der Waals surface area contributed by atoms with Crippen LogP contribution in [0.4, 0.5) is 0 Å². The number of hydrogen-bond acceptors (Lipinski definition) is 26. The maximum atomic E-state index is 14.5. The second kappa shape index (κ2) is 56.6. The number of carbonyl (C=O) groups excluding carboxylic acids is 14. The summed E-state index contributed by atoms with van der Waals surface area (Å²) in [6.45, 7) is 4.50. The lowest BCUT2D eigenvalue weighted by Gasteiger charge is -2.25. The average Bonchev–Trinajstić information content (AvgIpc) is 0.869. The van der Waals surface area contributed by atoms with Crippen LogP contribution < -0.4 is 32.2 Å². The number of phenolic OH excluding ortho intramolecular Hbond substituents is 4. The van der Waals surface area contributed by atoms with Gasteiger partial charge in [-0.15, -0.1) is 0 Å². The van der Waals surface area contributed by atoms with Crippen LogP contribution in [0, 0.1) is 23.7 Å². The number of amides is 6. The molecule has 6 aromatic rings. The number of nitrogens with one attached hydrogen (secondary N) is 6. The van der Waals surface area contributed by atoms with Crippen molar-refractivity contribution in [2.75, 3.05) is 53.9 Å². The number of phenols is 4. The van der Waals surface area contributed by atoms with Gasteiger partial charge in [-0.1, -0.05) is 109 Å². The van der Waals surface area contributed by atoms with Crippen molar-refractivity contribution in [1.29, 1.82) is 0 Å². The molecular formula is C90H114N6O26. The van der Waals surface area contributed by atoms with Crippen LogP contribution in [0.3, 0.4) is 0 Å². The number of aromatic hydroxyl groups is 4. The van der Waals surface area contributed by atoms with E-state index in [4.69, 9.17) is 38.8 Å². The molecule has 32 nitrogen and oxygen atoms in total. The lowest BCUT2D eigenvalue weighted by atomic mass is 9.89. The Hall–Kier alpha value is -11.9. The predicted molar refractivity (Wildman–Crippen MR) is 442 cm³/mol. The minimum atomic E-state index is -1.26. The third-order valence-corrected chi connectivity index (χ3v) is 19.6. The van der Waals surface area contributed by atoms with Crippen LogP contribution in [0.2, 0.25) is 0 Å². The number of rotatable bonds is 58. The number of methoxy groups -OCH3 is 2. The second-order valence-electron chi connectivity index (χ2n) is 29.5. The molecule has 0 aromatic heterocycles. The summed E-state index contributed by atoms with van der Waals surface area (Å²) in [7, 11) is 3.05. The maximum absolute atomic E-state index is 14.5. The lowest BCUT2D eigenvalue weighted by Crippen LogP contribution is -2.48. The highest BCUT2D eigenvalue weighted by molar-refractivity contribution is 5.98. The molecule has 0 radical (unpaired) electrons. The van der Waals surface area contributed by atoms with E-state index in [9.17, 15) is 87.5 Å². The van der Waals surface area contributed by atoms with Crippen molar-refractivity contribution < 1.29 is 126 Å². The van der Waals surface area contributed by atoms with Gasteiger partial charge in [0.05, 0.1) is 50.6 Å². The van der Waals surface area contributed by atoms with E-state index in [1.807, 2.05) is 24.3 Å². The minimum absolute atomic E-state index is 0.00128. The largest absolute Gasteiger partial charge is 0.508 e. The van der Waals surface area contributed by atoms with Gasteiger partial charge >= 0.3 is 11.9 Å². The molecule has 0 saturated carbocycles. The number of esters is 2. The molecule has 0 unspecified atom stereocenters. The highest BCUT2D eigenvalue weighted by Crippen LogP contribution is 2.25. The summed E-state index contributed by atoms with van der Waals surface area (Å²) < 4.78 is 31.8. The number of benzene rings is 6. The second-order valence-corrected chi connectivity index (χ2v) is 29.5. The fourth-order valence-electron chi connectivity index (χ4n) is 12.9. The molecule has 0 saturated heterocycles. The summed E-state index contributed by atoms with van der Waals surface area (Å²) in [5.41, 5.74) is 6.89. The van der Waals surface area contributed by atoms with Gasteiger partial charge in [0.15, 0.2) is 23.1 Å². The van der Waals surface area contributed by atoms with Crippen LogP contribution in [0.25, 0.3) is 0 Å². The van der Waals surface area contributed by atoms with Crippen LogP contribution in [0.15, 0.2) is 158 Å². The molecule has 0 heterocycles. The van der Waals surface area contributed by atoms with Gasteiger partial charge in [0.2, 0.25) is 35.4 Å². The fraction of sp³-hybridized carbons (Fsp3) is 0.444. The summed E-state index contributed by atoms with van der Waals surface area (Å²) in [6.07, 6.45) is -2.61. The Bertz CT molecular complexity index is 4290. The minimum Gasteiger partial charge on any atom is -0.508 e. The molecular weight excluding hydrogens is 1580 g/mol. The van der Waals surface area contributed by atoms with Crippen molar-refractivity contribution in [3.63, 3.8) is 0 Å². The molecule has 0 aliphatic rings. The van der Waals surface area contributed by atoms with Crippen LogP contribution in [0.5, 0.6) is 23.0 Å². The van der Waals surface area contributed by atoms with Crippen molar-refractivity contribution >= 4 is 82.1 Å². The van der Waals surface area contributed by atoms with E-state index in [-0.39, 0.29) is 170 Å². The van der Waals surface area contributed by atoms with Crippen molar-refractivity contribution in [2.24, 2.45) is 23.7 Å². The highest BCUT2D eigenvalue weighted by Gasteiger charge is 2.36. The van der Waals surface area contributed by atoms with E-state index in [0.717, 1.165) is 11.1 Å². The third-order valence-electron chi connectivity index (χ3n) is 19.6.